The molecule has 2 fully saturated rings. The number of hydrogen-bond acceptors (Lipinski definition) is 2. The van der Waals surface area contributed by atoms with Crippen molar-refractivity contribution in [2.75, 3.05) is 6.61 Å². The van der Waals surface area contributed by atoms with Crippen molar-refractivity contribution in [1.29, 1.82) is 0 Å². The predicted octanol–water partition coefficient (Wildman–Crippen LogP) is 4.04. The van der Waals surface area contributed by atoms with Crippen LogP contribution in [0.15, 0.2) is 0 Å². The number of ether oxygens (including phenoxy) is 1. The van der Waals surface area contributed by atoms with Gasteiger partial charge in [0.2, 0.25) is 0 Å². The van der Waals surface area contributed by atoms with Crippen molar-refractivity contribution in [1.82, 2.24) is 5.32 Å². The largest absolute Gasteiger partial charge is 0.378 e. The molecule has 2 aliphatic rings. The Bertz CT molecular complexity index is 203. The molecule has 0 aromatic heterocycles. The zero-order valence-corrected chi connectivity index (χ0v) is 12.1. The molecular weight excluding hydrogens is 222 g/mol. The average molecular weight is 253 g/mol. The monoisotopic (exact) mass is 253 g/mol. The highest BCUT2D eigenvalue weighted by Crippen LogP contribution is 2.24. The molecule has 2 nitrogen and oxygen atoms in total. The van der Waals surface area contributed by atoms with E-state index in [0.717, 1.165) is 25.1 Å². The SMILES string of the molecule is CCCOC1CCC(NC2CCCCCC2)CC1. The zero-order chi connectivity index (χ0) is 12.6. The summed E-state index contributed by atoms with van der Waals surface area (Å²) in [7, 11) is 0. The highest BCUT2D eigenvalue weighted by molar-refractivity contribution is 4.81. The molecule has 2 rings (SSSR count). The first-order chi connectivity index (χ1) is 8.88. The van der Waals surface area contributed by atoms with Crippen LogP contribution >= 0.6 is 0 Å². The van der Waals surface area contributed by atoms with Crippen molar-refractivity contribution in [3.8, 4) is 0 Å². The lowest BCUT2D eigenvalue weighted by Gasteiger charge is -2.32. The normalized spacial score (nSPS) is 31.2. The van der Waals surface area contributed by atoms with Gasteiger partial charge < -0.3 is 10.1 Å². The smallest absolute Gasteiger partial charge is 0.0576 e. The van der Waals surface area contributed by atoms with Crippen molar-refractivity contribution < 1.29 is 4.74 Å². The van der Waals surface area contributed by atoms with Crippen molar-refractivity contribution >= 4 is 0 Å². The van der Waals surface area contributed by atoms with Gasteiger partial charge in [-0.15, -0.1) is 0 Å². The Hall–Kier alpha value is -0.0800. The van der Waals surface area contributed by atoms with Gasteiger partial charge in [0.25, 0.3) is 0 Å². The van der Waals surface area contributed by atoms with Crippen LogP contribution in [0.25, 0.3) is 0 Å². The van der Waals surface area contributed by atoms with Gasteiger partial charge in [0, 0.05) is 18.7 Å². The predicted molar refractivity (Wildman–Crippen MR) is 76.9 cm³/mol. The maximum atomic E-state index is 5.86. The van der Waals surface area contributed by atoms with E-state index in [1.165, 1.54) is 64.2 Å². The molecule has 18 heavy (non-hydrogen) atoms. The summed E-state index contributed by atoms with van der Waals surface area (Å²) >= 11 is 0. The Balaban J connectivity index is 1.63. The van der Waals surface area contributed by atoms with Crippen LogP contribution in [0.4, 0.5) is 0 Å². The van der Waals surface area contributed by atoms with Crippen LogP contribution in [0.5, 0.6) is 0 Å². The lowest BCUT2D eigenvalue weighted by molar-refractivity contribution is 0.0218. The molecule has 2 aliphatic carbocycles. The molecule has 0 aliphatic heterocycles. The lowest BCUT2D eigenvalue weighted by Crippen LogP contribution is -2.41. The fraction of sp³-hybridized carbons (Fsp3) is 1.00. The first-order valence-electron chi connectivity index (χ1n) is 8.26. The van der Waals surface area contributed by atoms with Crippen molar-refractivity contribution in [2.45, 2.75) is 95.7 Å². The second kappa shape index (κ2) is 8.16. The van der Waals surface area contributed by atoms with E-state index in [4.69, 9.17) is 4.74 Å². The molecule has 0 atom stereocenters. The summed E-state index contributed by atoms with van der Waals surface area (Å²) in [6.45, 7) is 3.14. The topological polar surface area (TPSA) is 21.3 Å². The maximum absolute atomic E-state index is 5.86. The lowest BCUT2D eigenvalue weighted by atomic mass is 9.91. The number of rotatable bonds is 5. The van der Waals surface area contributed by atoms with Gasteiger partial charge in [-0.3, -0.25) is 0 Å². The summed E-state index contributed by atoms with van der Waals surface area (Å²) in [6.07, 6.45) is 15.5. The third kappa shape index (κ3) is 4.89. The van der Waals surface area contributed by atoms with E-state index in [1.54, 1.807) is 0 Å². The van der Waals surface area contributed by atoms with E-state index >= 15 is 0 Å². The zero-order valence-electron chi connectivity index (χ0n) is 12.1. The summed E-state index contributed by atoms with van der Waals surface area (Å²) in [6, 6.07) is 1.58. The number of hydrogen-bond donors (Lipinski definition) is 1. The molecule has 2 saturated carbocycles. The molecule has 0 amide bonds. The van der Waals surface area contributed by atoms with Gasteiger partial charge in [-0.2, -0.15) is 0 Å². The highest BCUT2D eigenvalue weighted by atomic mass is 16.5. The van der Waals surface area contributed by atoms with E-state index < -0.39 is 0 Å². The quantitative estimate of drug-likeness (QED) is 0.747. The molecule has 0 unspecified atom stereocenters. The molecule has 2 heteroatoms. The van der Waals surface area contributed by atoms with Crippen LogP contribution in [0.1, 0.15) is 77.6 Å². The fourth-order valence-corrected chi connectivity index (χ4v) is 3.46. The molecule has 0 bridgehead atoms. The highest BCUT2D eigenvalue weighted by Gasteiger charge is 2.23. The third-order valence-electron chi connectivity index (χ3n) is 4.56. The van der Waals surface area contributed by atoms with Crippen molar-refractivity contribution in [3.63, 3.8) is 0 Å². The van der Waals surface area contributed by atoms with E-state index in [9.17, 15) is 0 Å². The summed E-state index contributed by atoms with van der Waals surface area (Å²) < 4.78 is 5.86. The van der Waals surface area contributed by atoms with E-state index in [2.05, 4.69) is 12.2 Å². The average Bonchev–Trinajstić information content (AvgIpc) is 2.67. The van der Waals surface area contributed by atoms with Crippen LogP contribution in [-0.2, 0) is 4.74 Å². The summed E-state index contributed by atoms with van der Waals surface area (Å²) in [5.74, 6) is 0. The molecule has 0 radical (unpaired) electrons. The third-order valence-corrected chi connectivity index (χ3v) is 4.56. The van der Waals surface area contributed by atoms with Crippen LogP contribution < -0.4 is 5.32 Å². The van der Waals surface area contributed by atoms with Crippen LogP contribution in [0.2, 0.25) is 0 Å². The van der Waals surface area contributed by atoms with Gasteiger partial charge in [0.1, 0.15) is 0 Å². The van der Waals surface area contributed by atoms with Crippen molar-refractivity contribution in [3.05, 3.63) is 0 Å². The summed E-state index contributed by atoms with van der Waals surface area (Å²) in [5.41, 5.74) is 0. The number of nitrogens with one attached hydrogen (secondary N) is 1. The first-order valence-corrected chi connectivity index (χ1v) is 8.26. The Kier molecular flexibility index (Phi) is 6.50. The molecule has 0 aromatic carbocycles. The van der Waals surface area contributed by atoms with E-state index in [-0.39, 0.29) is 0 Å². The minimum absolute atomic E-state index is 0.553. The minimum Gasteiger partial charge on any atom is -0.378 e. The molecule has 106 valence electrons. The fourth-order valence-electron chi connectivity index (χ4n) is 3.46. The summed E-state index contributed by atoms with van der Waals surface area (Å²) in [4.78, 5) is 0. The molecule has 0 spiro atoms. The van der Waals surface area contributed by atoms with Crippen molar-refractivity contribution in [2.24, 2.45) is 0 Å². The Labute approximate surface area is 113 Å². The standard InChI is InChI=1S/C16H31NO/c1-2-13-18-16-11-9-15(10-12-16)17-14-7-5-3-4-6-8-14/h14-17H,2-13H2,1H3. The molecule has 0 saturated heterocycles. The van der Waals surface area contributed by atoms with Gasteiger partial charge in [-0.05, 0) is 44.9 Å². The van der Waals surface area contributed by atoms with E-state index in [1.807, 2.05) is 0 Å². The minimum atomic E-state index is 0.553. The maximum Gasteiger partial charge on any atom is 0.0576 e. The Morgan fingerprint density at radius 1 is 0.833 bits per heavy atom. The second-order valence-electron chi connectivity index (χ2n) is 6.20. The van der Waals surface area contributed by atoms with Gasteiger partial charge in [0.05, 0.1) is 6.10 Å². The summed E-state index contributed by atoms with van der Waals surface area (Å²) in [5, 5.41) is 3.92. The van der Waals surface area contributed by atoms with Crippen LogP contribution in [0.3, 0.4) is 0 Å². The van der Waals surface area contributed by atoms with Gasteiger partial charge in [-0.25, -0.2) is 0 Å². The van der Waals surface area contributed by atoms with Crippen LogP contribution in [0, 0.1) is 0 Å². The molecule has 1 N–H and O–H groups in total. The van der Waals surface area contributed by atoms with Gasteiger partial charge >= 0.3 is 0 Å². The van der Waals surface area contributed by atoms with E-state index in [0.29, 0.717) is 6.10 Å². The Morgan fingerprint density at radius 3 is 2.06 bits per heavy atom. The Morgan fingerprint density at radius 2 is 1.44 bits per heavy atom. The molecule has 0 aromatic rings. The second-order valence-corrected chi connectivity index (χ2v) is 6.20. The first kappa shape index (κ1) is 14.3. The van der Waals surface area contributed by atoms with Crippen LogP contribution in [-0.4, -0.2) is 24.8 Å². The van der Waals surface area contributed by atoms with Gasteiger partial charge in [-0.1, -0.05) is 32.6 Å². The van der Waals surface area contributed by atoms with Gasteiger partial charge in [0.15, 0.2) is 0 Å². The molecule has 0 heterocycles. The molecular formula is C16H31NO.